The zero-order chi connectivity index (χ0) is 13.2. The first-order chi connectivity index (χ1) is 8.63. The van der Waals surface area contributed by atoms with Crippen LogP contribution in [0.1, 0.15) is 56.2 Å². The van der Waals surface area contributed by atoms with Gasteiger partial charge in [0, 0.05) is 6.04 Å². The smallest absolute Gasteiger partial charge is 0.126 e. The topological polar surface area (TPSA) is 12.0 Å². The van der Waals surface area contributed by atoms with Crippen molar-refractivity contribution in [2.75, 3.05) is 7.05 Å². The fourth-order valence-corrected chi connectivity index (χ4v) is 3.54. The lowest BCUT2D eigenvalue weighted by atomic mass is 9.73. The molecule has 0 bridgehead atoms. The number of hydrogen-bond donors (Lipinski definition) is 1. The van der Waals surface area contributed by atoms with Gasteiger partial charge < -0.3 is 5.32 Å². The van der Waals surface area contributed by atoms with E-state index < -0.39 is 0 Å². The monoisotopic (exact) mass is 249 g/mol. The van der Waals surface area contributed by atoms with Crippen LogP contribution in [0.3, 0.4) is 0 Å². The summed E-state index contributed by atoms with van der Waals surface area (Å²) in [6.07, 6.45) is 6.28. The molecule has 0 amide bonds. The van der Waals surface area contributed by atoms with Crippen molar-refractivity contribution < 1.29 is 4.39 Å². The normalized spacial score (nSPS) is 20.0. The van der Waals surface area contributed by atoms with Crippen molar-refractivity contribution in [3.63, 3.8) is 0 Å². The second-order valence-electron chi connectivity index (χ2n) is 5.65. The number of aryl methyl sites for hydroxylation is 1. The molecule has 100 valence electrons. The first kappa shape index (κ1) is 13.5. The highest BCUT2D eigenvalue weighted by molar-refractivity contribution is 5.27. The molecule has 1 saturated carbocycles. The predicted molar refractivity (Wildman–Crippen MR) is 74.1 cm³/mol. The Bertz CT molecular complexity index is 408. The summed E-state index contributed by atoms with van der Waals surface area (Å²) >= 11 is 0. The van der Waals surface area contributed by atoms with Crippen molar-refractivity contribution in [3.05, 3.63) is 35.1 Å². The van der Waals surface area contributed by atoms with Gasteiger partial charge in [-0.05, 0) is 55.8 Å². The number of halogens is 1. The largest absolute Gasteiger partial charge is 0.313 e. The Hall–Kier alpha value is -0.890. The zero-order valence-electron chi connectivity index (χ0n) is 11.7. The maximum Gasteiger partial charge on any atom is 0.126 e. The van der Waals surface area contributed by atoms with Crippen LogP contribution >= 0.6 is 0 Å². The van der Waals surface area contributed by atoms with Crippen LogP contribution in [0.5, 0.6) is 0 Å². The third-order valence-electron chi connectivity index (χ3n) is 4.73. The van der Waals surface area contributed by atoms with E-state index in [4.69, 9.17) is 0 Å². The molecule has 0 saturated heterocycles. The molecular formula is C16H24FN. The highest BCUT2D eigenvalue weighted by Crippen LogP contribution is 2.49. The summed E-state index contributed by atoms with van der Waals surface area (Å²) in [7, 11) is 2.00. The molecule has 1 fully saturated rings. The van der Waals surface area contributed by atoms with Gasteiger partial charge in [-0.3, -0.25) is 0 Å². The van der Waals surface area contributed by atoms with Crippen molar-refractivity contribution >= 4 is 0 Å². The van der Waals surface area contributed by atoms with E-state index in [-0.39, 0.29) is 11.9 Å². The number of rotatable bonds is 4. The molecule has 18 heavy (non-hydrogen) atoms. The van der Waals surface area contributed by atoms with Crippen LogP contribution in [0.2, 0.25) is 0 Å². The van der Waals surface area contributed by atoms with Gasteiger partial charge in [0.1, 0.15) is 5.82 Å². The Morgan fingerprint density at radius 3 is 2.50 bits per heavy atom. The molecule has 0 spiro atoms. The van der Waals surface area contributed by atoms with Gasteiger partial charge in [0.25, 0.3) is 0 Å². The first-order valence-electron chi connectivity index (χ1n) is 7.06. The average molecular weight is 249 g/mol. The van der Waals surface area contributed by atoms with Gasteiger partial charge in [-0.25, -0.2) is 4.39 Å². The lowest BCUT2D eigenvalue weighted by molar-refractivity contribution is 0.195. The molecule has 1 aliphatic carbocycles. The van der Waals surface area contributed by atoms with Gasteiger partial charge in [0.05, 0.1) is 0 Å². The molecule has 1 unspecified atom stereocenters. The lowest BCUT2D eigenvalue weighted by Crippen LogP contribution is -2.34. The summed E-state index contributed by atoms with van der Waals surface area (Å²) in [5.41, 5.74) is 2.14. The fraction of sp³-hybridized carbons (Fsp3) is 0.625. The van der Waals surface area contributed by atoms with E-state index in [0.717, 1.165) is 17.5 Å². The summed E-state index contributed by atoms with van der Waals surface area (Å²) in [4.78, 5) is 0. The second-order valence-corrected chi connectivity index (χ2v) is 5.65. The van der Waals surface area contributed by atoms with Crippen molar-refractivity contribution in [1.29, 1.82) is 0 Å². The molecule has 0 radical (unpaired) electrons. The summed E-state index contributed by atoms with van der Waals surface area (Å²) in [5.74, 6) is -0.0861. The molecule has 1 N–H and O–H groups in total. The highest BCUT2D eigenvalue weighted by atomic mass is 19.1. The number of benzene rings is 1. The minimum Gasteiger partial charge on any atom is -0.313 e. The third-order valence-corrected chi connectivity index (χ3v) is 4.73. The van der Waals surface area contributed by atoms with E-state index in [1.54, 1.807) is 6.07 Å². The quantitative estimate of drug-likeness (QED) is 0.835. The SMILES string of the molecule is CCC1(C(NC)c2ccc(C)c(F)c2)CCCC1. The summed E-state index contributed by atoms with van der Waals surface area (Å²) in [6, 6.07) is 5.97. The first-order valence-corrected chi connectivity index (χ1v) is 7.06. The van der Waals surface area contributed by atoms with E-state index in [1.807, 2.05) is 20.0 Å². The molecular weight excluding hydrogens is 225 g/mol. The van der Waals surface area contributed by atoms with Gasteiger partial charge >= 0.3 is 0 Å². The van der Waals surface area contributed by atoms with Crippen LogP contribution in [0.4, 0.5) is 4.39 Å². The minimum absolute atomic E-state index is 0.0861. The molecule has 0 aliphatic heterocycles. The van der Waals surface area contributed by atoms with E-state index in [2.05, 4.69) is 18.3 Å². The van der Waals surface area contributed by atoms with Crippen molar-refractivity contribution in [2.24, 2.45) is 5.41 Å². The fourth-order valence-electron chi connectivity index (χ4n) is 3.54. The molecule has 1 atom stereocenters. The Morgan fingerprint density at radius 1 is 1.33 bits per heavy atom. The van der Waals surface area contributed by atoms with Gasteiger partial charge in [-0.15, -0.1) is 0 Å². The summed E-state index contributed by atoms with van der Waals surface area (Å²) < 4.78 is 13.8. The third kappa shape index (κ3) is 2.31. The molecule has 2 rings (SSSR count). The van der Waals surface area contributed by atoms with Crippen LogP contribution in [0.25, 0.3) is 0 Å². The second kappa shape index (κ2) is 5.40. The molecule has 0 aromatic heterocycles. The predicted octanol–water partition coefficient (Wildman–Crippen LogP) is 4.37. The summed E-state index contributed by atoms with van der Waals surface area (Å²) in [6.45, 7) is 4.08. The standard InChI is InChI=1S/C16H24FN/c1-4-16(9-5-6-10-16)15(18-3)13-8-7-12(2)14(17)11-13/h7-8,11,15,18H,4-6,9-10H2,1-3H3. The van der Waals surface area contributed by atoms with E-state index in [9.17, 15) is 4.39 Å². The van der Waals surface area contributed by atoms with Crippen LogP contribution in [-0.4, -0.2) is 7.05 Å². The maximum absolute atomic E-state index is 13.8. The molecule has 1 nitrogen and oxygen atoms in total. The average Bonchev–Trinajstić information content (AvgIpc) is 2.84. The van der Waals surface area contributed by atoms with E-state index in [0.29, 0.717) is 5.41 Å². The van der Waals surface area contributed by atoms with Crippen LogP contribution < -0.4 is 5.32 Å². The summed E-state index contributed by atoms with van der Waals surface area (Å²) in [5, 5.41) is 3.43. The highest BCUT2D eigenvalue weighted by Gasteiger charge is 2.39. The Labute approximate surface area is 110 Å². The molecule has 1 aromatic rings. The van der Waals surface area contributed by atoms with Gasteiger partial charge in [0.2, 0.25) is 0 Å². The lowest BCUT2D eigenvalue weighted by Gasteiger charge is -2.37. The molecule has 1 aromatic carbocycles. The van der Waals surface area contributed by atoms with Gasteiger partial charge in [-0.2, -0.15) is 0 Å². The van der Waals surface area contributed by atoms with Crippen LogP contribution in [0.15, 0.2) is 18.2 Å². The Kier molecular flexibility index (Phi) is 4.06. The molecule has 2 heteroatoms. The van der Waals surface area contributed by atoms with Crippen molar-refractivity contribution in [1.82, 2.24) is 5.32 Å². The van der Waals surface area contributed by atoms with Gasteiger partial charge in [0.15, 0.2) is 0 Å². The Balaban J connectivity index is 2.34. The minimum atomic E-state index is -0.0861. The van der Waals surface area contributed by atoms with E-state index in [1.165, 1.54) is 25.7 Å². The van der Waals surface area contributed by atoms with Crippen molar-refractivity contribution in [3.8, 4) is 0 Å². The van der Waals surface area contributed by atoms with Crippen molar-refractivity contribution in [2.45, 2.75) is 52.0 Å². The number of hydrogen-bond acceptors (Lipinski definition) is 1. The maximum atomic E-state index is 13.8. The van der Waals surface area contributed by atoms with E-state index >= 15 is 0 Å². The van der Waals surface area contributed by atoms with Gasteiger partial charge in [-0.1, -0.05) is 31.9 Å². The molecule has 0 heterocycles. The van der Waals surface area contributed by atoms with Crippen LogP contribution in [-0.2, 0) is 0 Å². The van der Waals surface area contributed by atoms with Crippen LogP contribution in [0, 0.1) is 18.2 Å². The number of nitrogens with one attached hydrogen (secondary N) is 1. The molecule has 1 aliphatic rings. The Morgan fingerprint density at radius 2 is 2.00 bits per heavy atom. The zero-order valence-corrected chi connectivity index (χ0v) is 11.7.